The van der Waals surface area contributed by atoms with E-state index in [0.29, 0.717) is 0 Å². The first-order valence-corrected chi connectivity index (χ1v) is 7.00. The van der Waals surface area contributed by atoms with Crippen molar-refractivity contribution in [3.63, 3.8) is 0 Å². The molecule has 4 heteroatoms. The second-order valence-electron chi connectivity index (χ2n) is 5.39. The fourth-order valence-electron chi connectivity index (χ4n) is 3.14. The van der Waals surface area contributed by atoms with Crippen molar-refractivity contribution >= 4 is 0 Å². The van der Waals surface area contributed by atoms with Crippen molar-refractivity contribution in [1.82, 2.24) is 19.7 Å². The maximum absolute atomic E-state index is 4.41. The predicted molar refractivity (Wildman–Crippen MR) is 66.9 cm³/mol. The number of rotatable bonds is 3. The zero-order chi connectivity index (χ0) is 11.7. The quantitative estimate of drug-likeness (QED) is 0.795. The molecule has 1 aromatic heterocycles. The second-order valence-corrected chi connectivity index (χ2v) is 5.39. The summed E-state index contributed by atoms with van der Waals surface area (Å²) in [4.78, 5) is 2.54. The van der Waals surface area contributed by atoms with Crippen molar-refractivity contribution in [2.75, 3.05) is 19.6 Å². The molecule has 1 aromatic rings. The molecule has 1 atom stereocenters. The van der Waals surface area contributed by atoms with Gasteiger partial charge in [-0.05, 0) is 38.3 Å². The van der Waals surface area contributed by atoms with Gasteiger partial charge in [0.2, 0.25) is 0 Å². The molecule has 0 amide bonds. The van der Waals surface area contributed by atoms with E-state index in [4.69, 9.17) is 0 Å². The average molecular weight is 234 g/mol. The number of aromatic nitrogens is 3. The third-order valence-electron chi connectivity index (χ3n) is 4.22. The largest absolute Gasteiger partial charge is 0.315 e. The molecular formula is C13H22N4. The van der Waals surface area contributed by atoms with Gasteiger partial charge in [0.05, 0.1) is 0 Å². The van der Waals surface area contributed by atoms with Crippen LogP contribution in [0.5, 0.6) is 0 Å². The van der Waals surface area contributed by atoms with Crippen molar-refractivity contribution in [3.8, 4) is 0 Å². The lowest BCUT2D eigenvalue weighted by atomic mass is 10.0. The third kappa shape index (κ3) is 2.23. The minimum absolute atomic E-state index is 0.796. The molecule has 0 spiro atoms. The van der Waals surface area contributed by atoms with Crippen molar-refractivity contribution < 1.29 is 0 Å². The van der Waals surface area contributed by atoms with Gasteiger partial charge >= 0.3 is 0 Å². The summed E-state index contributed by atoms with van der Waals surface area (Å²) in [6.45, 7) is 7.10. The summed E-state index contributed by atoms with van der Waals surface area (Å²) in [6.07, 6.45) is 6.16. The van der Waals surface area contributed by atoms with E-state index in [9.17, 15) is 0 Å². The number of aryl methyl sites for hydroxylation is 1. The molecule has 2 aliphatic rings. The molecule has 3 heterocycles. The molecule has 4 nitrogen and oxygen atoms in total. The van der Waals surface area contributed by atoms with Crippen LogP contribution in [0.1, 0.15) is 37.8 Å². The normalized spacial score (nSPS) is 25.1. The molecule has 0 aliphatic carbocycles. The highest BCUT2D eigenvalue weighted by atomic mass is 15.3. The van der Waals surface area contributed by atoms with Gasteiger partial charge in [-0.2, -0.15) is 0 Å². The maximum atomic E-state index is 4.41. The van der Waals surface area contributed by atoms with E-state index in [2.05, 4.69) is 26.6 Å². The summed E-state index contributed by atoms with van der Waals surface area (Å²) in [7, 11) is 0. The molecule has 3 rings (SSSR count). The molecule has 0 saturated carbocycles. The zero-order valence-corrected chi connectivity index (χ0v) is 10.7. The Hall–Kier alpha value is -0.900. The van der Waals surface area contributed by atoms with Crippen LogP contribution in [0, 0.1) is 5.92 Å². The van der Waals surface area contributed by atoms with Crippen LogP contribution in [0.4, 0.5) is 0 Å². The number of hydrogen-bond donors (Lipinski definition) is 0. The van der Waals surface area contributed by atoms with E-state index < -0.39 is 0 Å². The number of fused-ring (bicyclic) bond motifs is 1. The highest BCUT2D eigenvalue weighted by molar-refractivity contribution is 5.00. The highest BCUT2D eigenvalue weighted by Crippen LogP contribution is 2.22. The Bertz CT molecular complexity index is 385. The van der Waals surface area contributed by atoms with Gasteiger partial charge in [0.15, 0.2) is 0 Å². The minimum Gasteiger partial charge on any atom is -0.315 e. The van der Waals surface area contributed by atoms with Crippen LogP contribution in [0.25, 0.3) is 0 Å². The molecule has 1 unspecified atom stereocenters. The Balaban J connectivity index is 1.67. The van der Waals surface area contributed by atoms with E-state index in [-0.39, 0.29) is 0 Å². The lowest BCUT2D eigenvalue weighted by molar-refractivity contribution is 0.339. The topological polar surface area (TPSA) is 34.0 Å². The van der Waals surface area contributed by atoms with Gasteiger partial charge < -0.3 is 9.47 Å². The number of hydrogen-bond acceptors (Lipinski definition) is 3. The Morgan fingerprint density at radius 1 is 1.24 bits per heavy atom. The molecule has 94 valence electrons. The summed E-state index contributed by atoms with van der Waals surface area (Å²) >= 11 is 0. The molecule has 0 N–H and O–H groups in total. The van der Waals surface area contributed by atoms with E-state index in [1.807, 2.05) is 0 Å². The highest BCUT2D eigenvalue weighted by Gasteiger charge is 2.24. The number of likely N-dealkylation sites (tertiary alicyclic amines) is 1. The first kappa shape index (κ1) is 11.2. The van der Waals surface area contributed by atoms with Crippen LogP contribution in [-0.4, -0.2) is 39.3 Å². The smallest absolute Gasteiger partial charge is 0.133 e. The van der Waals surface area contributed by atoms with Crippen LogP contribution >= 0.6 is 0 Å². The van der Waals surface area contributed by atoms with Gasteiger partial charge in [0, 0.05) is 25.9 Å². The Morgan fingerprint density at radius 3 is 3.00 bits per heavy atom. The van der Waals surface area contributed by atoms with Crippen LogP contribution < -0.4 is 0 Å². The third-order valence-corrected chi connectivity index (χ3v) is 4.22. The summed E-state index contributed by atoms with van der Waals surface area (Å²) in [5, 5.41) is 8.74. The monoisotopic (exact) mass is 234 g/mol. The standard InChI is InChI=1S/C13H22N4/c1-2-16-8-6-11(10-16)9-13-15-14-12-5-3-4-7-17(12)13/h11H,2-10H2,1H3. The summed E-state index contributed by atoms with van der Waals surface area (Å²) < 4.78 is 2.37. The Labute approximate surface area is 103 Å². The Morgan fingerprint density at radius 2 is 2.18 bits per heavy atom. The summed E-state index contributed by atoms with van der Waals surface area (Å²) in [6, 6.07) is 0. The molecule has 1 fully saturated rings. The molecule has 17 heavy (non-hydrogen) atoms. The van der Waals surface area contributed by atoms with E-state index in [1.165, 1.54) is 50.5 Å². The first-order valence-electron chi connectivity index (χ1n) is 7.00. The van der Waals surface area contributed by atoms with Crippen molar-refractivity contribution in [1.29, 1.82) is 0 Å². The second kappa shape index (κ2) is 4.77. The van der Waals surface area contributed by atoms with Crippen molar-refractivity contribution in [3.05, 3.63) is 11.6 Å². The van der Waals surface area contributed by atoms with Gasteiger partial charge in [-0.15, -0.1) is 10.2 Å². The fourth-order valence-corrected chi connectivity index (χ4v) is 3.14. The molecule has 0 bridgehead atoms. The van der Waals surface area contributed by atoms with Crippen LogP contribution in [-0.2, 0) is 19.4 Å². The van der Waals surface area contributed by atoms with Crippen molar-refractivity contribution in [2.24, 2.45) is 5.92 Å². The maximum Gasteiger partial charge on any atom is 0.133 e. The van der Waals surface area contributed by atoms with Gasteiger partial charge in [0.1, 0.15) is 11.6 Å². The van der Waals surface area contributed by atoms with E-state index in [0.717, 1.165) is 25.3 Å². The van der Waals surface area contributed by atoms with Gasteiger partial charge in [0.25, 0.3) is 0 Å². The van der Waals surface area contributed by atoms with E-state index in [1.54, 1.807) is 0 Å². The summed E-state index contributed by atoms with van der Waals surface area (Å²) in [5.74, 6) is 3.25. The van der Waals surface area contributed by atoms with Crippen LogP contribution in [0.2, 0.25) is 0 Å². The predicted octanol–water partition coefficient (Wildman–Crippen LogP) is 1.50. The molecule has 0 radical (unpaired) electrons. The fraction of sp³-hybridized carbons (Fsp3) is 0.846. The van der Waals surface area contributed by atoms with Crippen LogP contribution in [0.15, 0.2) is 0 Å². The lowest BCUT2D eigenvalue weighted by Crippen LogP contribution is -2.21. The van der Waals surface area contributed by atoms with E-state index >= 15 is 0 Å². The lowest BCUT2D eigenvalue weighted by Gasteiger charge is -2.16. The SMILES string of the molecule is CCN1CCC(Cc2nnc3n2CCCC3)C1. The van der Waals surface area contributed by atoms with Crippen molar-refractivity contribution in [2.45, 2.75) is 45.6 Å². The molecule has 2 aliphatic heterocycles. The van der Waals surface area contributed by atoms with Gasteiger partial charge in [-0.25, -0.2) is 0 Å². The van der Waals surface area contributed by atoms with Gasteiger partial charge in [-0.3, -0.25) is 0 Å². The number of nitrogens with zero attached hydrogens (tertiary/aromatic N) is 4. The molecule has 0 aromatic carbocycles. The zero-order valence-electron chi connectivity index (χ0n) is 10.7. The first-order chi connectivity index (χ1) is 8.36. The minimum atomic E-state index is 0.796. The average Bonchev–Trinajstić information content (AvgIpc) is 2.97. The molecule has 1 saturated heterocycles. The Kier molecular flexibility index (Phi) is 3.14. The van der Waals surface area contributed by atoms with Crippen LogP contribution in [0.3, 0.4) is 0 Å². The summed E-state index contributed by atoms with van der Waals surface area (Å²) in [5.41, 5.74) is 0. The van der Waals surface area contributed by atoms with Gasteiger partial charge in [-0.1, -0.05) is 6.92 Å². The molecular weight excluding hydrogens is 212 g/mol.